The molecule has 7 nitrogen and oxygen atoms in total. The normalized spacial score (nSPS) is 16.3. The van der Waals surface area contributed by atoms with Gasteiger partial charge in [-0.25, -0.2) is 16.8 Å². The van der Waals surface area contributed by atoms with E-state index in [9.17, 15) is 31.2 Å². The van der Waals surface area contributed by atoms with Crippen LogP contribution in [0.5, 0.6) is 0 Å². The van der Waals surface area contributed by atoms with Crippen LogP contribution in [-0.4, -0.2) is 47.9 Å². The third-order valence-electron chi connectivity index (χ3n) is 3.39. The van der Waals surface area contributed by atoms with E-state index in [2.05, 4.69) is 0 Å². The molecule has 116 valence electrons. The molecule has 0 amide bonds. The molecule has 0 aliphatic rings. The largest absolute Gasteiger partial charge is 0.331 e. The van der Waals surface area contributed by atoms with Gasteiger partial charge < -0.3 is 9.79 Å². The zero-order chi connectivity index (χ0) is 15.7. The molecule has 0 rings (SSSR count). The molecule has 1 atom stereocenters. The summed E-state index contributed by atoms with van der Waals surface area (Å²) >= 11 is 0. The zero-order valence-electron chi connectivity index (χ0n) is 11.4. The lowest BCUT2D eigenvalue weighted by Gasteiger charge is -2.35. The molecule has 0 aliphatic heterocycles. The summed E-state index contributed by atoms with van der Waals surface area (Å²) in [4.78, 5) is 18.6. The van der Waals surface area contributed by atoms with Crippen LogP contribution < -0.4 is 0 Å². The Morgan fingerprint density at radius 3 is 1.47 bits per heavy atom. The molecule has 0 saturated carbocycles. The Morgan fingerprint density at radius 2 is 1.32 bits per heavy atom. The molecular weight excluding hydrogens is 315 g/mol. The van der Waals surface area contributed by atoms with Crippen LogP contribution in [0, 0.1) is 0 Å². The van der Waals surface area contributed by atoms with Crippen LogP contribution >= 0.6 is 7.60 Å². The first kappa shape index (κ1) is 19.1. The Hall–Kier alpha value is 0.0500. The van der Waals surface area contributed by atoms with Crippen LogP contribution in [0.2, 0.25) is 0 Å². The third kappa shape index (κ3) is 3.21. The lowest BCUT2D eigenvalue weighted by molar-refractivity contribution is 0.348. The minimum absolute atomic E-state index is 0.251. The van der Waals surface area contributed by atoms with E-state index in [1.165, 1.54) is 20.8 Å². The lowest BCUT2D eigenvalue weighted by Crippen LogP contribution is -2.53. The second kappa shape index (κ2) is 5.81. The first-order valence-electron chi connectivity index (χ1n) is 5.81. The predicted molar refractivity (Wildman–Crippen MR) is 73.4 cm³/mol. The van der Waals surface area contributed by atoms with Crippen LogP contribution in [0.15, 0.2) is 0 Å². The van der Waals surface area contributed by atoms with Crippen molar-refractivity contribution in [3.8, 4) is 0 Å². The highest BCUT2D eigenvalue weighted by Gasteiger charge is 2.59. The maximum absolute atomic E-state index is 12.2. The van der Waals surface area contributed by atoms with Crippen molar-refractivity contribution >= 4 is 27.3 Å². The van der Waals surface area contributed by atoms with E-state index in [1.807, 2.05) is 0 Å². The van der Waals surface area contributed by atoms with E-state index in [0.717, 1.165) is 6.92 Å². The van der Waals surface area contributed by atoms with Crippen molar-refractivity contribution < 1.29 is 31.2 Å². The second-order valence-electron chi connectivity index (χ2n) is 4.34. The SMILES string of the molecule is CCC(C(C)(S(=O)(=O)CC)S(=O)(=O)CC)P(=O)(O)O. The average Bonchev–Trinajstić information content (AvgIpc) is 2.27. The summed E-state index contributed by atoms with van der Waals surface area (Å²) < 4.78 is 57.6. The topological polar surface area (TPSA) is 126 Å². The summed E-state index contributed by atoms with van der Waals surface area (Å²) in [5.74, 6) is -1.00. The number of rotatable bonds is 7. The van der Waals surface area contributed by atoms with Crippen LogP contribution in [-0.2, 0) is 24.2 Å². The Kier molecular flexibility index (Phi) is 5.83. The van der Waals surface area contributed by atoms with Gasteiger partial charge in [-0.1, -0.05) is 20.8 Å². The van der Waals surface area contributed by atoms with E-state index in [4.69, 9.17) is 0 Å². The smallest absolute Gasteiger partial charge is 0.324 e. The van der Waals surface area contributed by atoms with Crippen molar-refractivity contribution in [2.24, 2.45) is 0 Å². The highest BCUT2D eigenvalue weighted by Crippen LogP contribution is 2.52. The van der Waals surface area contributed by atoms with Crippen molar-refractivity contribution in [3.05, 3.63) is 0 Å². The Morgan fingerprint density at radius 1 is 1.00 bits per heavy atom. The van der Waals surface area contributed by atoms with Gasteiger partial charge >= 0.3 is 7.60 Å². The molecule has 0 saturated heterocycles. The minimum atomic E-state index is -4.87. The number of sulfone groups is 2. The van der Waals surface area contributed by atoms with E-state index in [1.54, 1.807) is 0 Å². The van der Waals surface area contributed by atoms with Gasteiger partial charge in [0.1, 0.15) is 0 Å². The molecule has 0 aromatic carbocycles. The van der Waals surface area contributed by atoms with Crippen LogP contribution in [0.4, 0.5) is 0 Å². The van der Waals surface area contributed by atoms with Crippen molar-refractivity contribution in [1.29, 1.82) is 0 Å². The van der Waals surface area contributed by atoms with Gasteiger partial charge in [0.15, 0.2) is 23.8 Å². The Bertz CT molecular complexity index is 523. The van der Waals surface area contributed by atoms with Gasteiger partial charge in [-0.05, 0) is 13.3 Å². The first-order chi connectivity index (χ1) is 8.31. The van der Waals surface area contributed by atoms with Crippen LogP contribution in [0.25, 0.3) is 0 Å². The number of hydrogen-bond acceptors (Lipinski definition) is 5. The quantitative estimate of drug-likeness (QED) is 0.649. The maximum atomic E-state index is 12.2. The molecule has 0 radical (unpaired) electrons. The summed E-state index contributed by atoms with van der Waals surface area (Å²) in [6.07, 6.45) is -0.251. The summed E-state index contributed by atoms with van der Waals surface area (Å²) in [5, 5.41) is 0. The van der Waals surface area contributed by atoms with Gasteiger partial charge in [0, 0.05) is 11.5 Å². The van der Waals surface area contributed by atoms with Crippen molar-refractivity contribution in [1.82, 2.24) is 0 Å². The Balaban J connectivity index is 6.50. The van der Waals surface area contributed by atoms with Crippen molar-refractivity contribution in [3.63, 3.8) is 0 Å². The van der Waals surface area contributed by atoms with Gasteiger partial charge in [0.25, 0.3) is 0 Å². The maximum Gasteiger partial charge on any atom is 0.331 e. The monoisotopic (exact) mass is 336 g/mol. The van der Waals surface area contributed by atoms with E-state index in [0.29, 0.717) is 0 Å². The lowest BCUT2D eigenvalue weighted by atomic mass is 10.2. The zero-order valence-corrected chi connectivity index (χ0v) is 13.9. The van der Waals surface area contributed by atoms with Crippen LogP contribution in [0.3, 0.4) is 0 Å². The van der Waals surface area contributed by atoms with E-state index >= 15 is 0 Å². The fourth-order valence-corrected chi connectivity index (χ4v) is 9.53. The molecule has 0 bridgehead atoms. The summed E-state index contributed by atoms with van der Waals surface area (Å²) in [7, 11) is -13.3. The molecular formula is C9H21O7PS2. The van der Waals surface area contributed by atoms with E-state index in [-0.39, 0.29) is 6.42 Å². The molecule has 2 N–H and O–H groups in total. The highest BCUT2D eigenvalue weighted by atomic mass is 32.3. The fourth-order valence-electron chi connectivity index (χ4n) is 2.10. The second-order valence-corrected chi connectivity index (χ2v) is 11.7. The number of hydrogen-bond donors (Lipinski definition) is 2. The molecule has 0 aliphatic carbocycles. The fraction of sp³-hybridized carbons (Fsp3) is 1.00. The summed E-state index contributed by atoms with van der Waals surface area (Å²) in [6, 6.07) is 0. The van der Waals surface area contributed by atoms with Crippen molar-refractivity contribution in [2.75, 3.05) is 11.5 Å². The summed E-state index contributed by atoms with van der Waals surface area (Å²) in [5.41, 5.74) is -1.77. The summed E-state index contributed by atoms with van der Waals surface area (Å²) in [6.45, 7) is 4.77. The Labute approximate surface area is 114 Å². The van der Waals surface area contributed by atoms with Gasteiger partial charge in [-0.3, -0.25) is 4.57 Å². The molecule has 19 heavy (non-hydrogen) atoms. The predicted octanol–water partition coefficient (Wildman–Crippen LogP) is 0.528. The highest BCUT2D eigenvalue weighted by molar-refractivity contribution is 8.10. The molecule has 0 spiro atoms. The molecule has 0 aromatic heterocycles. The minimum Gasteiger partial charge on any atom is -0.324 e. The van der Waals surface area contributed by atoms with Gasteiger partial charge in [0.05, 0.1) is 5.66 Å². The standard InChI is InChI=1S/C9H21O7PS2/c1-5-8(17(10,11)12)9(4,18(13,14)6-2)19(15,16)7-3/h8H,5-7H2,1-4H3,(H2,10,11,12). The van der Waals surface area contributed by atoms with Crippen molar-refractivity contribution in [2.45, 2.75) is 43.9 Å². The van der Waals surface area contributed by atoms with Gasteiger partial charge in [-0.15, -0.1) is 0 Å². The molecule has 10 heteroatoms. The van der Waals surface area contributed by atoms with Gasteiger partial charge in [0.2, 0.25) is 0 Å². The molecule has 0 fully saturated rings. The van der Waals surface area contributed by atoms with Crippen LogP contribution in [0.1, 0.15) is 34.1 Å². The van der Waals surface area contributed by atoms with Gasteiger partial charge in [-0.2, -0.15) is 0 Å². The van der Waals surface area contributed by atoms with E-state index < -0.39 is 48.5 Å². The molecule has 0 aromatic rings. The molecule has 1 unspecified atom stereocenters. The average molecular weight is 336 g/mol. The molecule has 0 heterocycles. The third-order valence-corrected chi connectivity index (χ3v) is 11.5. The first-order valence-corrected chi connectivity index (χ1v) is 10.8.